The number of halogens is 4. The summed E-state index contributed by atoms with van der Waals surface area (Å²) in [6.45, 7) is 0.0435. The number of rotatable bonds is 5. The normalized spacial score (nSPS) is 19.0. The summed E-state index contributed by atoms with van der Waals surface area (Å²) in [4.78, 5) is 50.5. The van der Waals surface area contributed by atoms with Crippen LogP contribution < -0.4 is 10.6 Å². The van der Waals surface area contributed by atoms with Gasteiger partial charge < -0.3 is 10.2 Å². The van der Waals surface area contributed by atoms with E-state index < -0.39 is 48.3 Å². The van der Waals surface area contributed by atoms with Crippen LogP contribution in [0.5, 0.6) is 0 Å². The van der Waals surface area contributed by atoms with E-state index in [1.165, 1.54) is 47.4 Å². The number of hydrogen-bond donors (Lipinski definition) is 2. The van der Waals surface area contributed by atoms with Gasteiger partial charge in [-0.3, -0.25) is 24.5 Å². The number of alkyl halides is 3. The zero-order valence-corrected chi connectivity index (χ0v) is 18.4. The summed E-state index contributed by atoms with van der Waals surface area (Å²) in [5.41, 5.74) is 1.05. The molecular weight excluding hydrogens is 475 g/mol. The summed E-state index contributed by atoms with van der Waals surface area (Å²) >= 11 is 5.91. The number of hydrogen-bond acceptors (Lipinski definition) is 4. The second-order valence-corrected chi connectivity index (χ2v) is 8.61. The van der Waals surface area contributed by atoms with E-state index in [2.05, 4.69) is 10.6 Å². The first-order chi connectivity index (χ1) is 16.0. The van der Waals surface area contributed by atoms with Crippen molar-refractivity contribution in [1.29, 1.82) is 0 Å². The van der Waals surface area contributed by atoms with E-state index in [-0.39, 0.29) is 35.5 Å². The van der Waals surface area contributed by atoms with Crippen molar-refractivity contribution in [2.45, 2.75) is 44.1 Å². The summed E-state index contributed by atoms with van der Waals surface area (Å²) in [6, 6.07) is 7.84. The first-order valence-electron chi connectivity index (χ1n) is 10.4. The molecule has 1 saturated heterocycles. The van der Waals surface area contributed by atoms with Crippen LogP contribution in [-0.4, -0.2) is 40.7 Å². The Morgan fingerprint density at radius 1 is 1.18 bits per heavy atom. The molecule has 2 aromatic carbocycles. The lowest BCUT2D eigenvalue weighted by Gasteiger charge is -2.29. The van der Waals surface area contributed by atoms with Crippen molar-refractivity contribution in [2.24, 2.45) is 0 Å². The van der Waals surface area contributed by atoms with E-state index in [0.29, 0.717) is 11.1 Å². The summed E-state index contributed by atoms with van der Waals surface area (Å²) in [5, 5.41) is 4.85. The second kappa shape index (κ2) is 9.09. The molecule has 4 amide bonds. The molecule has 11 heteroatoms. The van der Waals surface area contributed by atoms with Crippen LogP contribution in [0.1, 0.15) is 57.1 Å². The van der Waals surface area contributed by atoms with Gasteiger partial charge in [0.05, 0.1) is 12.5 Å². The minimum atomic E-state index is -4.53. The molecule has 2 aliphatic rings. The average Bonchev–Trinajstić information content (AvgIpc) is 3.08. The van der Waals surface area contributed by atoms with Gasteiger partial charge in [0, 0.05) is 29.1 Å². The first-order valence-corrected chi connectivity index (χ1v) is 10.8. The molecule has 1 unspecified atom stereocenters. The fourth-order valence-electron chi connectivity index (χ4n) is 4.16. The highest BCUT2D eigenvalue weighted by atomic mass is 35.5. The fourth-order valence-corrected chi connectivity index (χ4v) is 4.36. The molecule has 1 fully saturated rings. The topological polar surface area (TPSA) is 95.6 Å². The standard InChI is InChI=1S/C23H19ClF3N3O4/c24-15-3-1-2-12(9-15)17(10-23(25,26)27)28-20(32)13-4-5-16-14(8-13)11-30(22(16)34)18-6-7-19(31)29-21(18)33/h1-5,8-9,17-18H,6-7,10-11H2,(H,28,32)(H,29,31,33)/t17-,18?/m1/s1. The van der Waals surface area contributed by atoms with Gasteiger partial charge in [-0.1, -0.05) is 23.7 Å². The van der Waals surface area contributed by atoms with Gasteiger partial charge in [-0.15, -0.1) is 0 Å². The molecule has 0 aromatic heterocycles. The van der Waals surface area contributed by atoms with Gasteiger partial charge in [0.25, 0.3) is 11.8 Å². The molecular formula is C23H19ClF3N3O4. The van der Waals surface area contributed by atoms with Gasteiger partial charge in [-0.05, 0) is 47.9 Å². The summed E-state index contributed by atoms with van der Waals surface area (Å²) in [6.07, 6.45) is -5.52. The molecule has 2 aromatic rings. The molecule has 2 atom stereocenters. The number of benzene rings is 2. The third-order valence-electron chi connectivity index (χ3n) is 5.78. The Hall–Kier alpha value is -3.40. The van der Waals surface area contributed by atoms with E-state index in [9.17, 15) is 32.3 Å². The molecule has 0 aliphatic carbocycles. The lowest BCUT2D eigenvalue weighted by Crippen LogP contribution is -2.52. The number of fused-ring (bicyclic) bond motifs is 1. The number of carbonyl (C=O) groups is 4. The van der Waals surface area contributed by atoms with Gasteiger partial charge in [0.2, 0.25) is 11.8 Å². The van der Waals surface area contributed by atoms with Crippen molar-refractivity contribution in [1.82, 2.24) is 15.5 Å². The van der Waals surface area contributed by atoms with Crippen molar-refractivity contribution in [3.8, 4) is 0 Å². The molecule has 0 bridgehead atoms. The third-order valence-corrected chi connectivity index (χ3v) is 6.01. The molecule has 2 aliphatic heterocycles. The molecule has 0 radical (unpaired) electrons. The lowest BCUT2D eigenvalue weighted by atomic mass is 10.0. The molecule has 0 spiro atoms. The molecule has 2 heterocycles. The molecule has 4 rings (SSSR count). The number of carbonyl (C=O) groups excluding carboxylic acids is 4. The fraction of sp³-hybridized carbons (Fsp3) is 0.304. The number of piperidine rings is 1. The van der Waals surface area contributed by atoms with Crippen LogP contribution in [0.2, 0.25) is 5.02 Å². The van der Waals surface area contributed by atoms with E-state index in [0.717, 1.165) is 0 Å². The Bertz CT molecular complexity index is 1180. The van der Waals surface area contributed by atoms with Gasteiger partial charge in [-0.2, -0.15) is 13.2 Å². The predicted molar refractivity (Wildman–Crippen MR) is 115 cm³/mol. The molecule has 2 N–H and O–H groups in total. The quantitative estimate of drug-likeness (QED) is 0.623. The zero-order valence-electron chi connectivity index (χ0n) is 17.6. The van der Waals surface area contributed by atoms with Gasteiger partial charge in [0.1, 0.15) is 6.04 Å². The van der Waals surface area contributed by atoms with Gasteiger partial charge in [0.15, 0.2) is 0 Å². The summed E-state index contributed by atoms with van der Waals surface area (Å²) in [5.74, 6) is -2.13. The SMILES string of the molecule is O=C1CCC(N2Cc3cc(C(=O)N[C@H](CC(F)(F)F)c4cccc(Cl)c4)ccc3C2=O)C(=O)N1. The summed E-state index contributed by atoms with van der Waals surface area (Å²) < 4.78 is 39.5. The average molecular weight is 494 g/mol. The van der Waals surface area contributed by atoms with Crippen molar-refractivity contribution in [2.75, 3.05) is 0 Å². The largest absolute Gasteiger partial charge is 0.391 e. The Labute approximate surface area is 197 Å². The number of nitrogens with zero attached hydrogens (tertiary/aromatic N) is 1. The minimum absolute atomic E-state index is 0.0435. The van der Waals surface area contributed by atoms with Crippen molar-refractivity contribution >= 4 is 35.2 Å². The number of amides is 4. The molecule has 34 heavy (non-hydrogen) atoms. The van der Waals surface area contributed by atoms with Crippen LogP contribution in [0.25, 0.3) is 0 Å². The highest BCUT2D eigenvalue weighted by molar-refractivity contribution is 6.30. The Morgan fingerprint density at radius 2 is 1.94 bits per heavy atom. The van der Waals surface area contributed by atoms with Crippen molar-refractivity contribution in [3.63, 3.8) is 0 Å². The predicted octanol–water partition coefficient (Wildman–Crippen LogP) is 3.52. The van der Waals surface area contributed by atoms with Gasteiger partial charge in [-0.25, -0.2) is 0 Å². The monoisotopic (exact) mass is 493 g/mol. The Kier molecular flexibility index (Phi) is 6.35. The van der Waals surface area contributed by atoms with Crippen LogP contribution in [-0.2, 0) is 16.1 Å². The molecule has 0 saturated carbocycles. The Morgan fingerprint density at radius 3 is 2.62 bits per heavy atom. The van der Waals surface area contributed by atoms with Crippen LogP contribution in [0.4, 0.5) is 13.2 Å². The highest BCUT2D eigenvalue weighted by Gasteiger charge is 2.39. The number of imide groups is 1. The highest BCUT2D eigenvalue weighted by Crippen LogP contribution is 2.32. The lowest BCUT2D eigenvalue weighted by molar-refractivity contribution is -0.140. The van der Waals surface area contributed by atoms with Crippen molar-refractivity contribution in [3.05, 3.63) is 69.7 Å². The maximum absolute atomic E-state index is 13.2. The van der Waals surface area contributed by atoms with Crippen LogP contribution in [0.3, 0.4) is 0 Å². The first kappa shape index (κ1) is 23.7. The van der Waals surface area contributed by atoms with Crippen molar-refractivity contribution < 1.29 is 32.3 Å². The van der Waals surface area contributed by atoms with E-state index in [1.54, 1.807) is 0 Å². The Balaban J connectivity index is 1.53. The van der Waals surface area contributed by atoms with E-state index in [1.807, 2.05) is 0 Å². The number of nitrogens with one attached hydrogen (secondary N) is 2. The smallest absolute Gasteiger partial charge is 0.345 e. The minimum Gasteiger partial charge on any atom is -0.345 e. The van der Waals surface area contributed by atoms with E-state index in [4.69, 9.17) is 11.6 Å². The second-order valence-electron chi connectivity index (χ2n) is 8.17. The third kappa shape index (κ3) is 5.06. The maximum Gasteiger partial charge on any atom is 0.391 e. The maximum atomic E-state index is 13.2. The van der Waals surface area contributed by atoms with E-state index >= 15 is 0 Å². The molecule has 7 nitrogen and oxygen atoms in total. The van der Waals surface area contributed by atoms with Crippen LogP contribution >= 0.6 is 11.6 Å². The summed E-state index contributed by atoms with van der Waals surface area (Å²) in [7, 11) is 0. The zero-order chi connectivity index (χ0) is 24.6. The molecule has 178 valence electrons. The van der Waals surface area contributed by atoms with Crippen LogP contribution in [0, 0.1) is 0 Å². The van der Waals surface area contributed by atoms with Gasteiger partial charge >= 0.3 is 6.18 Å². The van der Waals surface area contributed by atoms with Crippen LogP contribution in [0.15, 0.2) is 42.5 Å².